The zero-order valence-corrected chi connectivity index (χ0v) is 11.9. The number of alkyl halides is 3. The standard InChI is InChI=1S/C13H8F5NO3S/c14-8-4-3-5-9(15)12(8)23(20,21)19-10-6-1-2-7-11(10)22-13(16,17)18/h1-7,19H. The van der Waals surface area contributed by atoms with Gasteiger partial charge in [-0.05, 0) is 24.3 Å². The average molecular weight is 353 g/mol. The SMILES string of the molecule is O=S(=O)(Nc1ccccc1OC(F)(F)F)c1c(F)cccc1F. The van der Waals surface area contributed by atoms with Crippen molar-refractivity contribution in [1.29, 1.82) is 0 Å². The Bertz CT molecular complexity index is 800. The summed E-state index contributed by atoms with van der Waals surface area (Å²) in [5, 5.41) is 0. The molecule has 0 aliphatic rings. The van der Waals surface area contributed by atoms with Crippen molar-refractivity contribution < 1.29 is 35.1 Å². The molecule has 23 heavy (non-hydrogen) atoms. The molecular formula is C13H8F5NO3S. The molecule has 0 spiro atoms. The molecule has 2 rings (SSSR count). The highest BCUT2D eigenvalue weighted by molar-refractivity contribution is 7.92. The van der Waals surface area contributed by atoms with Crippen LogP contribution in [0.3, 0.4) is 0 Å². The van der Waals surface area contributed by atoms with Gasteiger partial charge in [-0.15, -0.1) is 13.2 Å². The lowest BCUT2D eigenvalue weighted by Crippen LogP contribution is -2.20. The second-order valence-corrected chi connectivity index (χ2v) is 5.82. The van der Waals surface area contributed by atoms with Gasteiger partial charge in [0.2, 0.25) is 0 Å². The van der Waals surface area contributed by atoms with E-state index in [0.717, 1.165) is 18.2 Å². The molecule has 4 nitrogen and oxygen atoms in total. The predicted octanol–water partition coefficient (Wildman–Crippen LogP) is 3.66. The smallest absolute Gasteiger partial charge is 0.404 e. The summed E-state index contributed by atoms with van der Waals surface area (Å²) in [7, 11) is -4.80. The number of ether oxygens (including phenoxy) is 1. The molecule has 0 amide bonds. The van der Waals surface area contributed by atoms with Crippen molar-refractivity contribution in [3.05, 3.63) is 54.1 Å². The van der Waals surface area contributed by atoms with Crippen LogP contribution in [0.2, 0.25) is 0 Å². The molecular weight excluding hydrogens is 345 g/mol. The monoisotopic (exact) mass is 353 g/mol. The molecule has 2 aromatic carbocycles. The minimum Gasteiger partial charge on any atom is -0.404 e. The molecule has 0 heterocycles. The van der Waals surface area contributed by atoms with Crippen molar-refractivity contribution in [3.8, 4) is 5.75 Å². The van der Waals surface area contributed by atoms with Gasteiger partial charge in [0, 0.05) is 0 Å². The summed E-state index contributed by atoms with van der Waals surface area (Å²) >= 11 is 0. The first-order valence-corrected chi connectivity index (χ1v) is 7.40. The predicted molar refractivity (Wildman–Crippen MR) is 70.3 cm³/mol. The summed E-state index contributed by atoms with van der Waals surface area (Å²) in [6.07, 6.45) is -5.06. The van der Waals surface area contributed by atoms with Gasteiger partial charge in [0.1, 0.15) is 11.6 Å². The maximum absolute atomic E-state index is 13.6. The van der Waals surface area contributed by atoms with Crippen LogP contribution in [0.1, 0.15) is 0 Å². The fourth-order valence-electron chi connectivity index (χ4n) is 1.70. The van der Waals surface area contributed by atoms with Gasteiger partial charge in [-0.1, -0.05) is 18.2 Å². The molecule has 0 aliphatic carbocycles. The van der Waals surface area contributed by atoms with Gasteiger partial charge in [0.25, 0.3) is 10.0 Å². The molecule has 0 radical (unpaired) electrons. The minimum absolute atomic E-state index is 0.618. The van der Waals surface area contributed by atoms with E-state index in [4.69, 9.17) is 0 Å². The summed E-state index contributed by atoms with van der Waals surface area (Å²) in [5.74, 6) is -3.63. The molecule has 0 unspecified atom stereocenters. The van der Waals surface area contributed by atoms with E-state index in [1.54, 1.807) is 4.72 Å². The lowest BCUT2D eigenvalue weighted by atomic mass is 10.3. The van der Waals surface area contributed by atoms with E-state index < -0.39 is 44.4 Å². The topological polar surface area (TPSA) is 55.4 Å². The van der Waals surface area contributed by atoms with Gasteiger partial charge in [0.05, 0.1) is 5.69 Å². The van der Waals surface area contributed by atoms with Crippen molar-refractivity contribution >= 4 is 15.7 Å². The third kappa shape index (κ3) is 4.09. The van der Waals surface area contributed by atoms with Gasteiger partial charge in [-0.25, -0.2) is 17.2 Å². The van der Waals surface area contributed by atoms with Crippen molar-refractivity contribution in [2.24, 2.45) is 0 Å². The van der Waals surface area contributed by atoms with Crippen LogP contribution >= 0.6 is 0 Å². The highest BCUT2D eigenvalue weighted by atomic mass is 32.2. The van der Waals surface area contributed by atoms with Gasteiger partial charge >= 0.3 is 6.36 Å². The summed E-state index contributed by atoms with van der Waals surface area (Å²) < 4.78 is 93.4. The molecule has 0 aromatic heterocycles. The van der Waals surface area contributed by atoms with Crippen molar-refractivity contribution in [2.75, 3.05) is 4.72 Å². The van der Waals surface area contributed by atoms with Crippen LogP contribution in [-0.4, -0.2) is 14.8 Å². The van der Waals surface area contributed by atoms with E-state index in [2.05, 4.69) is 4.74 Å². The Hall–Kier alpha value is -2.36. The first-order valence-electron chi connectivity index (χ1n) is 5.92. The Morgan fingerprint density at radius 1 is 0.913 bits per heavy atom. The first kappa shape index (κ1) is 17.0. The number of nitrogens with one attached hydrogen (secondary N) is 1. The molecule has 2 aromatic rings. The lowest BCUT2D eigenvalue weighted by molar-refractivity contribution is -0.274. The Kier molecular flexibility index (Phi) is 4.46. The van der Waals surface area contributed by atoms with Gasteiger partial charge < -0.3 is 4.74 Å². The zero-order chi connectivity index (χ0) is 17.3. The molecule has 0 aliphatic heterocycles. The van der Waals surface area contributed by atoms with Gasteiger partial charge in [-0.3, -0.25) is 4.72 Å². The highest BCUT2D eigenvalue weighted by Crippen LogP contribution is 2.32. The van der Waals surface area contributed by atoms with E-state index >= 15 is 0 Å². The van der Waals surface area contributed by atoms with Crippen molar-refractivity contribution in [3.63, 3.8) is 0 Å². The van der Waals surface area contributed by atoms with Crippen LogP contribution in [-0.2, 0) is 10.0 Å². The quantitative estimate of drug-likeness (QED) is 0.854. The number of benzene rings is 2. The number of hydrogen-bond donors (Lipinski definition) is 1. The number of sulfonamides is 1. The fraction of sp³-hybridized carbons (Fsp3) is 0.0769. The molecule has 0 fully saturated rings. The third-order valence-corrected chi connectivity index (χ3v) is 3.96. The van der Waals surface area contributed by atoms with Crippen LogP contribution in [0, 0.1) is 11.6 Å². The second kappa shape index (κ2) is 6.03. The Morgan fingerprint density at radius 3 is 2.04 bits per heavy atom. The number of hydrogen-bond acceptors (Lipinski definition) is 3. The van der Waals surface area contributed by atoms with Crippen LogP contribution in [0.15, 0.2) is 47.4 Å². The van der Waals surface area contributed by atoms with E-state index in [1.807, 2.05) is 0 Å². The average Bonchev–Trinajstić information content (AvgIpc) is 2.38. The molecule has 0 saturated carbocycles. The van der Waals surface area contributed by atoms with Crippen LogP contribution < -0.4 is 9.46 Å². The minimum atomic E-state index is -5.06. The highest BCUT2D eigenvalue weighted by Gasteiger charge is 2.33. The lowest BCUT2D eigenvalue weighted by Gasteiger charge is -2.15. The summed E-state index contributed by atoms with van der Waals surface area (Å²) in [5.41, 5.74) is -0.618. The number of rotatable bonds is 4. The normalized spacial score (nSPS) is 12.0. The molecule has 1 N–H and O–H groups in total. The first-order chi connectivity index (χ1) is 10.6. The summed E-state index contributed by atoms with van der Waals surface area (Å²) in [6, 6.07) is 6.55. The zero-order valence-electron chi connectivity index (χ0n) is 11.1. The maximum Gasteiger partial charge on any atom is 0.573 e. The van der Waals surface area contributed by atoms with Gasteiger partial charge in [0.15, 0.2) is 10.6 Å². The second-order valence-electron chi connectivity index (χ2n) is 4.20. The summed E-state index contributed by atoms with van der Waals surface area (Å²) in [6.45, 7) is 0. The molecule has 124 valence electrons. The number of halogens is 5. The number of anilines is 1. The molecule has 10 heteroatoms. The van der Waals surface area contributed by atoms with E-state index in [1.165, 1.54) is 12.1 Å². The van der Waals surface area contributed by atoms with E-state index in [-0.39, 0.29) is 0 Å². The van der Waals surface area contributed by atoms with Crippen LogP contribution in [0.4, 0.5) is 27.6 Å². The molecule has 0 bridgehead atoms. The maximum atomic E-state index is 13.6. The molecule has 0 atom stereocenters. The Balaban J connectivity index is 2.43. The van der Waals surface area contributed by atoms with Crippen LogP contribution in [0.25, 0.3) is 0 Å². The van der Waals surface area contributed by atoms with E-state index in [0.29, 0.717) is 12.1 Å². The van der Waals surface area contributed by atoms with Crippen LogP contribution in [0.5, 0.6) is 5.75 Å². The van der Waals surface area contributed by atoms with Gasteiger partial charge in [-0.2, -0.15) is 0 Å². The molecule has 0 saturated heterocycles. The number of para-hydroxylation sites is 2. The third-order valence-electron chi connectivity index (χ3n) is 2.54. The Morgan fingerprint density at radius 2 is 1.48 bits per heavy atom. The van der Waals surface area contributed by atoms with E-state index in [9.17, 15) is 30.4 Å². The summed E-state index contributed by atoms with van der Waals surface area (Å²) in [4.78, 5) is -1.30. The van der Waals surface area contributed by atoms with Crippen molar-refractivity contribution in [1.82, 2.24) is 0 Å². The Labute approximate surface area is 127 Å². The fourth-order valence-corrected chi connectivity index (χ4v) is 2.91. The van der Waals surface area contributed by atoms with Crippen molar-refractivity contribution in [2.45, 2.75) is 11.3 Å². The largest absolute Gasteiger partial charge is 0.573 e.